The molecule has 3 rings (SSSR count). The summed E-state index contributed by atoms with van der Waals surface area (Å²) < 4.78 is 14.3. The Hall–Kier alpha value is -2.87. The van der Waals surface area contributed by atoms with Crippen molar-refractivity contribution in [3.63, 3.8) is 0 Å². The molecule has 2 aromatic rings. The average molecular weight is 372 g/mol. The Bertz CT molecular complexity index is 831. The number of carbonyl (C=O) groups excluding carboxylic acids is 1. The van der Waals surface area contributed by atoms with Crippen LogP contribution in [0, 0.1) is 5.82 Å². The first kappa shape index (κ1) is 18.9. The van der Waals surface area contributed by atoms with Gasteiger partial charge in [0, 0.05) is 41.9 Å². The number of aromatic nitrogens is 2. The minimum Gasteiger partial charge on any atom is -0.395 e. The van der Waals surface area contributed by atoms with E-state index in [0.29, 0.717) is 49.6 Å². The van der Waals surface area contributed by atoms with E-state index in [4.69, 9.17) is 4.84 Å². The molecule has 1 aromatic carbocycles. The fraction of sp³-hybridized carbons (Fsp3) is 0.368. The van der Waals surface area contributed by atoms with Gasteiger partial charge in [-0.05, 0) is 0 Å². The number of carbonyl (C=O) groups is 1. The first-order valence-corrected chi connectivity index (χ1v) is 8.77. The monoisotopic (exact) mass is 372 g/mol. The summed E-state index contributed by atoms with van der Waals surface area (Å²) in [6.45, 7) is 2.86. The summed E-state index contributed by atoms with van der Waals surface area (Å²) in [6, 6.07) is 4.85. The van der Waals surface area contributed by atoms with Crippen molar-refractivity contribution in [2.24, 2.45) is 5.16 Å². The number of benzene rings is 1. The number of oxime groups is 1. The van der Waals surface area contributed by atoms with E-state index in [1.165, 1.54) is 6.07 Å². The average Bonchev–Trinajstić information content (AvgIpc) is 2.66. The molecule has 1 fully saturated rings. The van der Waals surface area contributed by atoms with Crippen LogP contribution in [0.25, 0.3) is 11.1 Å². The first-order valence-electron chi connectivity index (χ1n) is 8.77. The number of hydrogen-bond acceptors (Lipinski definition) is 7. The van der Waals surface area contributed by atoms with Crippen molar-refractivity contribution in [1.82, 2.24) is 9.97 Å². The van der Waals surface area contributed by atoms with Crippen LogP contribution in [-0.2, 0) is 16.2 Å². The molecule has 8 heteroatoms. The molecule has 142 valence electrons. The molecular weight excluding hydrogens is 351 g/mol. The van der Waals surface area contributed by atoms with Gasteiger partial charge in [-0.3, -0.25) is 4.79 Å². The van der Waals surface area contributed by atoms with E-state index in [1.54, 1.807) is 24.5 Å². The molecule has 27 heavy (non-hydrogen) atoms. The van der Waals surface area contributed by atoms with Crippen LogP contribution in [-0.4, -0.2) is 46.3 Å². The highest BCUT2D eigenvalue weighted by Gasteiger charge is 2.25. The van der Waals surface area contributed by atoms with Crippen LogP contribution in [0.3, 0.4) is 0 Å². The molecule has 2 heterocycles. The maximum absolute atomic E-state index is 14.3. The highest BCUT2D eigenvalue weighted by molar-refractivity contribution is 5.98. The predicted octanol–water partition coefficient (Wildman–Crippen LogP) is 2.34. The van der Waals surface area contributed by atoms with Gasteiger partial charge in [0.1, 0.15) is 18.2 Å². The third-order valence-electron chi connectivity index (χ3n) is 4.29. The van der Waals surface area contributed by atoms with Gasteiger partial charge in [0.2, 0.25) is 5.95 Å². The summed E-state index contributed by atoms with van der Waals surface area (Å²) >= 11 is 0. The standard InChI is InChI=1S/C19H21FN4O3/c1-2-16(26)6-7-27-23-15-10-24(11-15)19-21-8-14(9-22-19)17-5-3-4-13(12-25)18(17)20/h3-5,8-9,25H,2,6-7,10-12H2,1H3. The molecule has 0 bridgehead atoms. The Morgan fingerprint density at radius 3 is 2.74 bits per heavy atom. The van der Waals surface area contributed by atoms with E-state index in [1.807, 2.05) is 11.8 Å². The van der Waals surface area contributed by atoms with Crippen LogP contribution in [0.2, 0.25) is 0 Å². The lowest BCUT2D eigenvalue weighted by Gasteiger charge is -2.31. The highest BCUT2D eigenvalue weighted by atomic mass is 19.1. The lowest BCUT2D eigenvalue weighted by atomic mass is 10.1. The van der Waals surface area contributed by atoms with Gasteiger partial charge >= 0.3 is 0 Å². The van der Waals surface area contributed by atoms with Gasteiger partial charge in [0.25, 0.3) is 0 Å². The smallest absolute Gasteiger partial charge is 0.225 e. The SMILES string of the molecule is CCC(=O)CCON=C1CN(c2ncc(-c3cccc(CO)c3F)cn2)C1. The van der Waals surface area contributed by atoms with Gasteiger partial charge < -0.3 is 14.8 Å². The molecule has 0 unspecified atom stereocenters. The second kappa shape index (κ2) is 8.68. The third kappa shape index (κ3) is 4.46. The van der Waals surface area contributed by atoms with E-state index in [-0.39, 0.29) is 18.0 Å². The second-order valence-corrected chi connectivity index (χ2v) is 6.20. The van der Waals surface area contributed by atoms with E-state index in [9.17, 15) is 14.3 Å². The summed E-state index contributed by atoms with van der Waals surface area (Å²) in [4.78, 5) is 26.8. The van der Waals surface area contributed by atoms with Crippen molar-refractivity contribution in [3.05, 3.63) is 42.0 Å². The molecule has 0 saturated carbocycles. The van der Waals surface area contributed by atoms with Crippen molar-refractivity contribution in [2.75, 3.05) is 24.6 Å². The summed E-state index contributed by atoms with van der Waals surface area (Å²) in [5.74, 6) is 0.214. The van der Waals surface area contributed by atoms with E-state index < -0.39 is 5.82 Å². The van der Waals surface area contributed by atoms with Crippen LogP contribution in [0.1, 0.15) is 25.3 Å². The molecule has 1 aromatic heterocycles. The molecule has 0 aliphatic carbocycles. The molecule has 0 atom stereocenters. The normalized spacial score (nSPS) is 13.3. The lowest BCUT2D eigenvalue weighted by Crippen LogP contribution is -2.48. The third-order valence-corrected chi connectivity index (χ3v) is 4.29. The molecular formula is C19H21FN4O3. The summed E-state index contributed by atoms with van der Waals surface area (Å²) in [5.41, 5.74) is 1.99. The van der Waals surface area contributed by atoms with Gasteiger partial charge in [-0.1, -0.05) is 30.3 Å². The number of rotatable bonds is 8. The number of Topliss-reactive ketones (excluding diaryl/α,β-unsaturated/α-hetero) is 1. The number of nitrogens with zero attached hydrogens (tertiary/aromatic N) is 4. The van der Waals surface area contributed by atoms with Crippen molar-refractivity contribution in [1.29, 1.82) is 0 Å². The highest BCUT2D eigenvalue weighted by Crippen LogP contribution is 2.25. The van der Waals surface area contributed by atoms with Gasteiger partial charge in [0.15, 0.2) is 0 Å². The van der Waals surface area contributed by atoms with Crippen LogP contribution in [0.5, 0.6) is 0 Å². The van der Waals surface area contributed by atoms with Crippen LogP contribution in [0.15, 0.2) is 35.7 Å². The quantitative estimate of drug-likeness (QED) is 0.565. The van der Waals surface area contributed by atoms with Crippen LogP contribution in [0.4, 0.5) is 10.3 Å². The summed E-state index contributed by atoms with van der Waals surface area (Å²) in [7, 11) is 0. The largest absolute Gasteiger partial charge is 0.395 e. The molecule has 1 aliphatic heterocycles. The molecule has 1 saturated heterocycles. The minimum absolute atomic E-state index is 0.153. The first-order chi connectivity index (χ1) is 13.1. The predicted molar refractivity (Wildman–Crippen MR) is 98.9 cm³/mol. The lowest BCUT2D eigenvalue weighted by molar-refractivity contribution is -0.119. The maximum Gasteiger partial charge on any atom is 0.225 e. The number of aliphatic hydroxyl groups is 1. The number of anilines is 1. The summed E-state index contributed by atoms with van der Waals surface area (Å²) in [5, 5.41) is 13.2. The molecule has 7 nitrogen and oxygen atoms in total. The fourth-order valence-corrected chi connectivity index (χ4v) is 2.62. The molecule has 0 radical (unpaired) electrons. The van der Waals surface area contributed by atoms with Crippen LogP contribution >= 0.6 is 0 Å². The zero-order valence-electron chi connectivity index (χ0n) is 15.1. The maximum atomic E-state index is 14.3. The van der Waals surface area contributed by atoms with Crippen molar-refractivity contribution in [2.45, 2.75) is 26.4 Å². The van der Waals surface area contributed by atoms with Crippen LogP contribution < -0.4 is 4.90 Å². The number of ketones is 1. The second-order valence-electron chi connectivity index (χ2n) is 6.20. The number of halogens is 1. The van der Waals surface area contributed by atoms with Gasteiger partial charge in [-0.15, -0.1) is 0 Å². The Kier molecular flexibility index (Phi) is 6.08. The Morgan fingerprint density at radius 2 is 2.07 bits per heavy atom. The Morgan fingerprint density at radius 1 is 1.33 bits per heavy atom. The zero-order valence-corrected chi connectivity index (χ0v) is 15.1. The van der Waals surface area contributed by atoms with Gasteiger partial charge in [0.05, 0.1) is 25.4 Å². The number of aliphatic hydroxyl groups excluding tert-OH is 1. The van der Waals surface area contributed by atoms with E-state index in [2.05, 4.69) is 15.1 Å². The molecule has 0 spiro atoms. The topological polar surface area (TPSA) is 87.9 Å². The van der Waals surface area contributed by atoms with Crippen molar-refractivity contribution in [3.8, 4) is 11.1 Å². The Labute approximate surface area is 156 Å². The van der Waals surface area contributed by atoms with Gasteiger partial charge in [-0.25, -0.2) is 14.4 Å². The fourth-order valence-electron chi connectivity index (χ4n) is 2.62. The molecule has 1 aliphatic rings. The molecule has 1 N–H and O–H groups in total. The van der Waals surface area contributed by atoms with Crippen molar-refractivity contribution >= 4 is 17.4 Å². The summed E-state index contributed by atoms with van der Waals surface area (Å²) in [6.07, 6.45) is 4.00. The van der Waals surface area contributed by atoms with Gasteiger partial charge in [-0.2, -0.15) is 0 Å². The zero-order chi connectivity index (χ0) is 19.2. The van der Waals surface area contributed by atoms with E-state index in [0.717, 1.165) is 5.71 Å². The molecule has 0 amide bonds. The minimum atomic E-state index is -0.464. The Balaban J connectivity index is 1.56. The number of hydrogen-bond donors (Lipinski definition) is 1. The van der Waals surface area contributed by atoms with Crippen molar-refractivity contribution < 1.29 is 19.1 Å². The van der Waals surface area contributed by atoms with E-state index >= 15 is 0 Å².